The van der Waals surface area contributed by atoms with Gasteiger partial charge in [0.15, 0.2) is 0 Å². The number of thiophene rings is 1. The summed E-state index contributed by atoms with van der Waals surface area (Å²) in [6.07, 6.45) is 0. The van der Waals surface area contributed by atoms with Gasteiger partial charge in [-0.05, 0) is 41.6 Å². The molecule has 0 saturated carbocycles. The van der Waals surface area contributed by atoms with Gasteiger partial charge in [-0.1, -0.05) is 12.1 Å². The first-order valence-electron chi connectivity index (χ1n) is 6.38. The van der Waals surface area contributed by atoms with E-state index in [1.54, 1.807) is 17.8 Å². The Kier molecular flexibility index (Phi) is 3.81. The number of rotatable bonds is 2. The molecule has 5 heteroatoms. The third-order valence-electron chi connectivity index (χ3n) is 3.23. The molecule has 0 spiro atoms. The molecule has 2 nitrogen and oxygen atoms in total. The van der Waals surface area contributed by atoms with Gasteiger partial charge < -0.3 is 4.90 Å². The van der Waals surface area contributed by atoms with Crippen molar-refractivity contribution in [2.75, 3.05) is 12.3 Å². The molecule has 0 N–H and O–H groups in total. The van der Waals surface area contributed by atoms with Gasteiger partial charge in [-0.25, -0.2) is 4.39 Å². The minimum Gasteiger partial charge on any atom is -0.321 e. The lowest BCUT2D eigenvalue weighted by Gasteiger charge is -2.23. The van der Waals surface area contributed by atoms with Crippen LogP contribution in [0, 0.1) is 12.7 Å². The number of carbonyl (C=O) groups is 1. The van der Waals surface area contributed by atoms with Gasteiger partial charge in [0.05, 0.1) is 4.88 Å². The molecule has 1 fully saturated rings. The number of hydrogen-bond acceptors (Lipinski definition) is 3. The Balaban J connectivity index is 1.87. The average molecular weight is 307 g/mol. The van der Waals surface area contributed by atoms with E-state index in [0.29, 0.717) is 6.54 Å². The first kappa shape index (κ1) is 13.6. The van der Waals surface area contributed by atoms with Crippen molar-refractivity contribution in [1.82, 2.24) is 4.90 Å². The maximum absolute atomic E-state index is 13.4. The Morgan fingerprint density at radius 2 is 2.25 bits per heavy atom. The van der Waals surface area contributed by atoms with Crippen molar-refractivity contribution in [2.24, 2.45) is 0 Å². The summed E-state index contributed by atoms with van der Waals surface area (Å²) < 4.78 is 13.4. The number of benzene rings is 1. The zero-order valence-corrected chi connectivity index (χ0v) is 12.6. The van der Waals surface area contributed by atoms with Crippen LogP contribution >= 0.6 is 23.1 Å². The molecule has 2 heterocycles. The van der Waals surface area contributed by atoms with E-state index in [-0.39, 0.29) is 17.1 Å². The van der Waals surface area contributed by atoms with Crippen molar-refractivity contribution >= 4 is 29.0 Å². The monoisotopic (exact) mass is 307 g/mol. The number of carbonyl (C=O) groups excluding carboxylic acids is 1. The summed E-state index contributed by atoms with van der Waals surface area (Å²) in [6, 6.07) is 8.44. The van der Waals surface area contributed by atoms with Crippen LogP contribution in [-0.2, 0) is 0 Å². The minimum atomic E-state index is -0.255. The summed E-state index contributed by atoms with van der Waals surface area (Å²) >= 11 is 3.16. The Morgan fingerprint density at radius 3 is 2.95 bits per heavy atom. The molecule has 1 aromatic carbocycles. The van der Waals surface area contributed by atoms with E-state index in [9.17, 15) is 9.18 Å². The standard InChI is InChI=1S/C15H14FNOS2/c1-10-7-13(20-9-10)14(18)17-5-6-19-15(17)11-3-2-4-12(16)8-11/h2-4,7-9,15H,5-6H2,1H3. The van der Waals surface area contributed by atoms with Gasteiger partial charge in [0, 0.05) is 12.3 Å². The highest BCUT2D eigenvalue weighted by Crippen LogP contribution is 2.39. The molecule has 1 aliphatic rings. The van der Waals surface area contributed by atoms with Crippen LogP contribution in [0.2, 0.25) is 0 Å². The largest absolute Gasteiger partial charge is 0.321 e. The first-order chi connectivity index (χ1) is 9.65. The van der Waals surface area contributed by atoms with Crippen LogP contribution in [0.15, 0.2) is 35.7 Å². The van der Waals surface area contributed by atoms with Crippen molar-refractivity contribution < 1.29 is 9.18 Å². The molecular weight excluding hydrogens is 293 g/mol. The lowest BCUT2D eigenvalue weighted by molar-refractivity contribution is 0.0765. The van der Waals surface area contributed by atoms with Gasteiger partial charge in [0.2, 0.25) is 0 Å². The van der Waals surface area contributed by atoms with E-state index in [2.05, 4.69) is 0 Å². The van der Waals surface area contributed by atoms with E-state index in [0.717, 1.165) is 21.8 Å². The highest BCUT2D eigenvalue weighted by Gasteiger charge is 2.31. The molecule has 1 saturated heterocycles. The van der Waals surface area contributed by atoms with Gasteiger partial charge in [-0.2, -0.15) is 0 Å². The second kappa shape index (κ2) is 5.58. The molecule has 0 radical (unpaired) electrons. The third kappa shape index (κ3) is 2.60. The van der Waals surface area contributed by atoms with E-state index >= 15 is 0 Å². The fourth-order valence-corrected chi connectivity index (χ4v) is 4.40. The molecular formula is C15H14FNOS2. The van der Waals surface area contributed by atoms with Gasteiger partial charge in [0.25, 0.3) is 5.91 Å². The van der Waals surface area contributed by atoms with Crippen LogP contribution in [0.4, 0.5) is 4.39 Å². The molecule has 0 bridgehead atoms. The molecule has 1 aliphatic heterocycles. The molecule has 3 rings (SSSR count). The number of halogens is 1. The topological polar surface area (TPSA) is 20.3 Å². The van der Waals surface area contributed by atoms with Crippen molar-refractivity contribution in [1.29, 1.82) is 0 Å². The van der Waals surface area contributed by atoms with Crippen LogP contribution < -0.4 is 0 Å². The molecule has 0 aliphatic carbocycles. The smallest absolute Gasteiger partial charge is 0.265 e. The normalized spacial score (nSPS) is 18.5. The van der Waals surface area contributed by atoms with Crippen LogP contribution in [0.25, 0.3) is 0 Å². The quantitative estimate of drug-likeness (QED) is 0.833. The Hall–Kier alpha value is -1.33. The number of nitrogens with zero attached hydrogens (tertiary/aromatic N) is 1. The van der Waals surface area contributed by atoms with Crippen molar-refractivity contribution in [3.05, 3.63) is 57.5 Å². The second-order valence-electron chi connectivity index (χ2n) is 4.77. The summed E-state index contributed by atoms with van der Waals surface area (Å²) in [5, 5.41) is 1.90. The number of thioether (sulfide) groups is 1. The SMILES string of the molecule is Cc1csc(C(=O)N2CCSC2c2cccc(F)c2)c1. The Morgan fingerprint density at radius 1 is 1.40 bits per heavy atom. The van der Waals surface area contributed by atoms with Crippen molar-refractivity contribution in [3.8, 4) is 0 Å². The molecule has 104 valence electrons. The molecule has 1 atom stereocenters. The van der Waals surface area contributed by atoms with Gasteiger partial charge in [0.1, 0.15) is 11.2 Å². The second-order valence-corrected chi connectivity index (χ2v) is 6.86. The van der Waals surface area contributed by atoms with E-state index in [1.165, 1.54) is 23.5 Å². The fraction of sp³-hybridized carbons (Fsp3) is 0.267. The summed E-state index contributed by atoms with van der Waals surface area (Å²) in [4.78, 5) is 15.2. The number of amides is 1. The van der Waals surface area contributed by atoms with Crippen LogP contribution in [0.1, 0.15) is 26.2 Å². The van der Waals surface area contributed by atoms with Crippen LogP contribution in [0.3, 0.4) is 0 Å². The van der Waals surface area contributed by atoms with Gasteiger partial charge in [-0.3, -0.25) is 4.79 Å². The van der Waals surface area contributed by atoms with Crippen LogP contribution in [0.5, 0.6) is 0 Å². The Bertz CT molecular complexity index is 640. The average Bonchev–Trinajstić information content (AvgIpc) is 3.06. The summed E-state index contributed by atoms with van der Waals surface area (Å²) in [5.74, 6) is 0.675. The Labute approximate surface area is 125 Å². The molecule has 2 aromatic rings. The van der Waals surface area contributed by atoms with E-state index in [4.69, 9.17) is 0 Å². The van der Waals surface area contributed by atoms with E-state index in [1.807, 2.05) is 29.3 Å². The summed E-state index contributed by atoms with van der Waals surface area (Å²) in [7, 11) is 0. The van der Waals surface area contributed by atoms with Crippen LogP contribution in [-0.4, -0.2) is 23.1 Å². The number of aryl methyl sites for hydroxylation is 1. The third-order valence-corrected chi connectivity index (χ3v) is 5.52. The molecule has 20 heavy (non-hydrogen) atoms. The maximum atomic E-state index is 13.4. The summed E-state index contributed by atoms with van der Waals surface area (Å²) in [5.41, 5.74) is 1.96. The molecule has 1 aromatic heterocycles. The minimum absolute atomic E-state index is 0.0439. The predicted molar refractivity (Wildman–Crippen MR) is 81.7 cm³/mol. The highest BCUT2D eigenvalue weighted by atomic mass is 32.2. The van der Waals surface area contributed by atoms with Gasteiger partial charge in [-0.15, -0.1) is 23.1 Å². The lowest BCUT2D eigenvalue weighted by Crippen LogP contribution is -2.29. The highest BCUT2D eigenvalue weighted by molar-refractivity contribution is 7.99. The number of hydrogen-bond donors (Lipinski definition) is 0. The van der Waals surface area contributed by atoms with Crippen molar-refractivity contribution in [2.45, 2.75) is 12.3 Å². The first-order valence-corrected chi connectivity index (χ1v) is 8.31. The molecule has 1 unspecified atom stereocenters. The zero-order chi connectivity index (χ0) is 14.1. The zero-order valence-electron chi connectivity index (χ0n) is 11.0. The lowest BCUT2D eigenvalue weighted by atomic mass is 10.2. The predicted octanol–water partition coefficient (Wildman–Crippen LogP) is 4.08. The maximum Gasteiger partial charge on any atom is 0.265 e. The fourth-order valence-electron chi connectivity index (χ4n) is 2.30. The summed E-state index contributed by atoms with van der Waals surface area (Å²) in [6.45, 7) is 2.69. The van der Waals surface area contributed by atoms with Crippen molar-refractivity contribution in [3.63, 3.8) is 0 Å². The van der Waals surface area contributed by atoms with E-state index < -0.39 is 0 Å². The molecule has 1 amide bonds. The van der Waals surface area contributed by atoms with Gasteiger partial charge >= 0.3 is 0 Å².